The van der Waals surface area contributed by atoms with Gasteiger partial charge in [-0.05, 0) is 6.42 Å². The molecule has 0 bridgehead atoms. The van der Waals surface area contributed by atoms with Gasteiger partial charge in [-0.15, -0.1) is 0 Å². The predicted octanol–water partition coefficient (Wildman–Crippen LogP) is 2.71. The van der Waals surface area contributed by atoms with Gasteiger partial charge in [-0.3, -0.25) is 9.69 Å². The molecule has 2 aliphatic heterocycles. The average molecular weight is 392 g/mol. The van der Waals surface area contributed by atoms with E-state index in [1.807, 2.05) is 0 Å². The molecule has 2 rings (SSSR count). The van der Waals surface area contributed by atoms with Gasteiger partial charge in [0.2, 0.25) is 0 Å². The maximum absolute atomic E-state index is 11.9. The SMILES string of the molecule is O=C1CCC(N2CCN(SCCCSNSC(F)(F)F)CC2)O1. The van der Waals surface area contributed by atoms with Crippen molar-refractivity contribution in [3.63, 3.8) is 0 Å². The highest BCUT2D eigenvalue weighted by atomic mass is 32.2. The fraction of sp³-hybridized carbons (Fsp3) is 0.917. The maximum Gasteiger partial charge on any atom is 0.456 e. The molecule has 0 radical (unpaired) electrons. The van der Waals surface area contributed by atoms with Crippen molar-refractivity contribution in [2.24, 2.45) is 0 Å². The van der Waals surface area contributed by atoms with Crippen molar-refractivity contribution in [1.29, 1.82) is 0 Å². The van der Waals surface area contributed by atoms with Crippen molar-refractivity contribution < 1.29 is 22.7 Å². The molecule has 0 aliphatic carbocycles. The third-order valence-electron chi connectivity index (χ3n) is 3.42. The number of rotatable bonds is 8. The van der Waals surface area contributed by atoms with Gasteiger partial charge in [-0.1, -0.05) is 23.9 Å². The van der Waals surface area contributed by atoms with Gasteiger partial charge in [0.1, 0.15) is 0 Å². The second-order valence-corrected chi connectivity index (χ2v) is 8.33. The van der Waals surface area contributed by atoms with Crippen molar-refractivity contribution in [2.75, 3.05) is 37.7 Å². The molecule has 0 aromatic rings. The summed E-state index contributed by atoms with van der Waals surface area (Å²) in [6.45, 7) is 3.58. The number of cyclic esters (lactones) is 1. The summed E-state index contributed by atoms with van der Waals surface area (Å²) in [4.78, 5) is 13.3. The van der Waals surface area contributed by atoms with E-state index in [2.05, 4.69) is 13.3 Å². The largest absolute Gasteiger partial charge is 0.456 e. The summed E-state index contributed by atoms with van der Waals surface area (Å²) >= 11 is 2.61. The van der Waals surface area contributed by atoms with E-state index < -0.39 is 5.51 Å². The fourth-order valence-electron chi connectivity index (χ4n) is 2.33. The Bertz CT molecular complexity index is 382. The number of halogens is 3. The number of ether oxygens (including phenoxy) is 1. The first-order valence-electron chi connectivity index (χ1n) is 7.37. The lowest BCUT2D eigenvalue weighted by molar-refractivity contribution is -0.148. The Balaban J connectivity index is 1.46. The van der Waals surface area contributed by atoms with E-state index in [0.29, 0.717) is 12.2 Å². The monoisotopic (exact) mass is 391 g/mol. The lowest BCUT2D eigenvalue weighted by Crippen LogP contribution is -2.48. The Morgan fingerprint density at radius 3 is 2.57 bits per heavy atom. The van der Waals surface area contributed by atoms with E-state index in [-0.39, 0.29) is 24.1 Å². The number of piperazine rings is 1. The molecule has 1 unspecified atom stereocenters. The summed E-state index contributed by atoms with van der Waals surface area (Å²) in [6.07, 6.45) is 2.09. The first kappa shape index (κ1) is 19.5. The first-order valence-corrected chi connectivity index (χ1v) is 10.1. The minimum Gasteiger partial charge on any atom is -0.446 e. The molecule has 0 saturated carbocycles. The van der Waals surface area contributed by atoms with Crippen molar-refractivity contribution >= 4 is 41.8 Å². The van der Waals surface area contributed by atoms with Gasteiger partial charge in [-0.2, -0.15) is 13.2 Å². The number of hydrogen-bond donors (Lipinski definition) is 1. The molecule has 5 nitrogen and oxygen atoms in total. The zero-order chi connectivity index (χ0) is 16.7. The Labute approximate surface area is 146 Å². The Hall–Kier alpha value is 0.190. The molecule has 2 heterocycles. The molecule has 2 fully saturated rings. The van der Waals surface area contributed by atoms with Gasteiger partial charge >= 0.3 is 11.5 Å². The van der Waals surface area contributed by atoms with Crippen LogP contribution in [0.3, 0.4) is 0 Å². The number of carbonyl (C=O) groups excluding carboxylic acids is 1. The highest BCUT2D eigenvalue weighted by molar-refractivity contribution is 8.13. The molecule has 0 aromatic heterocycles. The van der Waals surface area contributed by atoms with Crippen LogP contribution in [0.4, 0.5) is 13.2 Å². The van der Waals surface area contributed by atoms with Crippen LogP contribution in [0.2, 0.25) is 0 Å². The molecule has 0 aromatic carbocycles. The van der Waals surface area contributed by atoms with E-state index >= 15 is 0 Å². The molecule has 0 amide bonds. The normalized spacial score (nSPS) is 24.1. The van der Waals surface area contributed by atoms with Crippen LogP contribution in [0.5, 0.6) is 0 Å². The highest BCUT2D eigenvalue weighted by Crippen LogP contribution is 2.29. The smallest absolute Gasteiger partial charge is 0.446 e. The average Bonchev–Trinajstić information content (AvgIpc) is 2.92. The van der Waals surface area contributed by atoms with Crippen LogP contribution < -0.4 is 4.13 Å². The van der Waals surface area contributed by atoms with E-state index in [0.717, 1.165) is 56.7 Å². The molecule has 1 atom stereocenters. The third-order valence-corrected chi connectivity index (χ3v) is 6.15. The van der Waals surface area contributed by atoms with Crippen LogP contribution in [0, 0.1) is 0 Å². The molecule has 2 aliphatic rings. The van der Waals surface area contributed by atoms with Gasteiger partial charge < -0.3 is 4.74 Å². The van der Waals surface area contributed by atoms with Crippen molar-refractivity contribution in [3.05, 3.63) is 0 Å². The summed E-state index contributed by atoms with van der Waals surface area (Å²) in [5.41, 5.74) is -4.23. The summed E-state index contributed by atoms with van der Waals surface area (Å²) < 4.78 is 45.4. The van der Waals surface area contributed by atoms with Crippen molar-refractivity contribution in [1.82, 2.24) is 13.3 Å². The zero-order valence-corrected chi connectivity index (χ0v) is 15.0. The Kier molecular flexibility index (Phi) is 8.16. The molecule has 23 heavy (non-hydrogen) atoms. The number of alkyl halides is 3. The summed E-state index contributed by atoms with van der Waals surface area (Å²) in [5.74, 6) is 1.43. The second kappa shape index (κ2) is 9.62. The minimum atomic E-state index is -4.23. The molecule has 1 N–H and O–H groups in total. The topological polar surface area (TPSA) is 44.8 Å². The lowest BCUT2D eigenvalue weighted by Gasteiger charge is -2.36. The molecule has 2 saturated heterocycles. The van der Waals surface area contributed by atoms with E-state index in [1.165, 1.54) is 0 Å². The van der Waals surface area contributed by atoms with Crippen LogP contribution in [0.1, 0.15) is 19.3 Å². The van der Waals surface area contributed by atoms with Crippen LogP contribution in [-0.4, -0.2) is 64.6 Å². The molecule has 11 heteroatoms. The Morgan fingerprint density at radius 1 is 1.22 bits per heavy atom. The van der Waals surface area contributed by atoms with Crippen LogP contribution in [0.25, 0.3) is 0 Å². The Morgan fingerprint density at radius 2 is 1.96 bits per heavy atom. The number of hydrogen-bond acceptors (Lipinski definition) is 8. The quantitative estimate of drug-likeness (QED) is 0.385. The van der Waals surface area contributed by atoms with Gasteiger partial charge in [0.25, 0.3) is 0 Å². The summed E-state index contributed by atoms with van der Waals surface area (Å²) in [6, 6.07) is 0. The molecular formula is C12H20F3N3O2S3. The zero-order valence-electron chi connectivity index (χ0n) is 12.5. The summed E-state index contributed by atoms with van der Waals surface area (Å²) in [5, 5.41) is 0. The summed E-state index contributed by atoms with van der Waals surface area (Å²) in [7, 11) is 0. The number of carbonyl (C=O) groups is 1. The van der Waals surface area contributed by atoms with Crippen LogP contribution in [-0.2, 0) is 9.53 Å². The molecule has 0 spiro atoms. The van der Waals surface area contributed by atoms with Gasteiger partial charge in [-0.25, -0.2) is 8.43 Å². The molecule has 134 valence electrons. The second-order valence-electron chi connectivity index (χ2n) is 5.11. The van der Waals surface area contributed by atoms with Gasteiger partial charge in [0.15, 0.2) is 6.23 Å². The van der Waals surface area contributed by atoms with E-state index in [4.69, 9.17) is 4.74 Å². The number of nitrogens with zero attached hydrogens (tertiary/aromatic N) is 2. The lowest BCUT2D eigenvalue weighted by atomic mass is 10.3. The highest BCUT2D eigenvalue weighted by Gasteiger charge is 2.31. The van der Waals surface area contributed by atoms with Crippen LogP contribution >= 0.6 is 35.8 Å². The number of esters is 1. The number of nitrogens with one attached hydrogen (secondary N) is 1. The van der Waals surface area contributed by atoms with Gasteiger partial charge in [0.05, 0.1) is 6.42 Å². The predicted molar refractivity (Wildman–Crippen MR) is 88.6 cm³/mol. The minimum absolute atomic E-state index is 0.0525. The third kappa shape index (κ3) is 7.74. The van der Waals surface area contributed by atoms with Crippen molar-refractivity contribution in [3.8, 4) is 0 Å². The maximum atomic E-state index is 11.9. The first-order chi connectivity index (χ1) is 10.9. The van der Waals surface area contributed by atoms with E-state index in [1.54, 1.807) is 11.9 Å². The molecular weight excluding hydrogens is 371 g/mol. The van der Waals surface area contributed by atoms with E-state index in [9.17, 15) is 18.0 Å². The van der Waals surface area contributed by atoms with Crippen LogP contribution in [0.15, 0.2) is 0 Å². The fourth-order valence-corrected chi connectivity index (χ4v) is 4.70. The standard InChI is InChI=1S/C12H20F3N3O2S3/c13-12(14,15)23-16-21-8-1-9-22-18-6-4-17(5-7-18)10-2-3-11(19)20-10/h10,16H,1-9H2. The van der Waals surface area contributed by atoms with Crippen molar-refractivity contribution in [2.45, 2.75) is 31.0 Å². The van der Waals surface area contributed by atoms with Gasteiger partial charge in [0, 0.05) is 56.1 Å².